The highest BCUT2D eigenvalue weighted by Crippen LogP contribution is 2.24. The summed E-state index contributed by atoms with van der Waals surface area (Å²) in [5.74, 6) is 1.05. The topological polar surface area (TPSA) is 70.7 Å². The fourth-order valence-electron chi connectivity index (χ4n) is 3.29. The SMILES string of the molecule is CNC(=O)C1CCC(NC(=O)N(C)CCc2ccccc2OC)CC1. The van der Waals surface area contributed by atoms with Crippen molar-refractivity contribution in [1.82, 2.24) is 15.5 Å². The first-order chi connectivity index (χ1) is 12.0. The zero-order chi connectivity index (χ0) is 18.2. The molecule has 3 amide bonds. The van der Waals surface area contributed by atoms with E-state index in [9.17, 15) is 9.59 Å². The number of methoxy groups -OCH3 is 1. The molecule has 1 aromatic carbocycles. The number of rotatable bonds is 6. The normalized spacial score (nSPS) is 19.8. The van der Waals surface area contributed by atoms with Crippen LogP contribution in [0.4, 0.5) is 4.79 Å². The van der Waals surface area contributed by atoms with Crippen molar-refractivity contribution >= 4 is 11.9 Å². The molecule has 0 radical (unpaired) electrons. The van der Waals surface area contributed by atoms with Crippen LogP contribution in [0, 0.1) is 5.92 Å². The molecule has 0 unspecified atom stereocenters. The fourth-order valence-corrected chi connectivity index (χ4v) is 3.29. The smallest absolute Gasteiger partial charge is 0.317 e. The molecule has 1 saturated carbocycles. The predicted octanol–water partition coefficient (Wildman–Crippen LogP) is 2.18. The van der Waals surface area contributed by atoms with Gasteiger partial charge in [0, 0.05) is 32.6 Å². The third-order valence-corrected chi connectivity index (χ3v) is 4.93. The Bertz CT molecular complexity index is 583. The molecule has 2 N–H and O–H groups in total. The summed E-state index contributed by atoms with van der Waals surface area (Å²) in [5, 5.41) is 5.79. The lowest BCUT2D eigenvalue weighted by Gasteiger charge is -2.29. The van der Waals surface area contributed by atoms with Crippen LogP contribution in [0.15, 0.2) is 24.3 Å². The van der Waals surface area contributed by atoms with Crippen LogP contribution in [0.5, 0.6) is 5.75 Å². The van der Waals surface area contributed by atoms with Crippen LogP contribution >= 0.6 is 0 Å². The van der Waals surface area contributed by atoms with E-state index in [2.05, 4.69) is 10.6 Å². The van der Waals surface area contributed by atoms with Crippen LogP contribution in [0.3, 0.4) is 0 Å². The van der Waals surface area contributed by atoms with Gasteiger partial charge in [-0.05, 0) is 43.7 Å². The third kappa shape index (κ3) is 5.37. The molecule has 1 aliphatic carbocycles. The Kier molecular flexibility index (Phi) is 7.10. The lowest BCUT2D eigenvalue weighted by Crippen LogP contribution is -2.46. The van der Waals surface area contributed by atoms with Gasteiger partial charge in [0.1, 0.15) is 5.75 Å². The molecule has 6 nitrogen and oxygen atoms in total. The number of likely N-dealkylation sites (N-methyl/N-ethyl adjacent to an activating group) is 1. The highest BCUT2D eigenvalue weighted by molar-refractivity contribution is 5.78. The van der Waals surface area contributed by atoms with Gasteiger partial charge in [0.2, 0.25) is 5.91 Å². The van der Waals surface area contributed by atoms with Crippen molar-refractivity contribution in [3.8, 4) is 5.75 Å². The molecule has 1 fully saturated rings. The first kappa shape index (κ1) is 19.1. The Hall–Kier alpha value is -2.24. The molecular formula is C19H29N3O3. The van der Waals surface area contributed by atoms with Gasteiger partial charge in [-0.3, -0.25) is 4.79 Å². The monoisotopic (exact) mass is 347 g/mol. The number of benzene rings is 1. The van der Waals surface area contributed by atoms with Crippen LogP contribution in [0.1, 0.15) is 31.2 Å². The van der Waals surface area contributed by atoms with Gasteiger partial charge in [0.25, 0.3) is 0 Å². The van der Waals surface area contributed by atoms with Crippen molar-refractivity contribution in [3.63, 3.8) is 0 Å². The molecule has 1 aliphatic rings. The molecule has 0 atom stereocenters. The Morgan fingerprint density at radius 1 is 1.20 bits per heavy atom. The van der Waals surface area contributed by atoms with Crippen LogP contribution in [0.2, 0.25) is 0 Å². The molecule has 6 heteroatoms. The summed E-state index contributed by atoms with van der Waals surface area (Å²) in [6.45, 7) is 0.625. The molecule has 0 heterocycles. The van der Waals surface area contributed by atoms with E-state index in [0.29, 0.717) is 6.54 Å². The molecular weight excluding hydrogens is 318 g/mol. The average molecular weight is 347 g/mol. The lowest BCUT2D eigenvalue weighted by molar-refractivity contribution is -0.125. The number of nitrogens with zero attached hydrogens (tertiary/aromatic N) is 1. The van der Waals surface area contributed by atoms with Crippen molar-refractivity contribution in [2.24, 2.45) is 5.92 Å². The third-order valence-electron chi connectivity index (χ3n) is 4.93. The number of para-hydroxylation sites is 1. The van der Waals surface area contributed by atoms with Gasteiger partial charge in [0.15, 0.2) is 0 Å². The second-order valence-corrected chi connectivity index (χ2v) is 6.60. The first-order valence-electron chi connectivity index (χ1n) is 8.90. The van der Waals surface area contributed by atoms with Crippen LogP contribution in [0.25, 0.3) is 0 Å². The van der Waals surface area contributed by atoms with Crippen LogP contribution < -0.4 is 15.4 Å². The number of carbonyl (C=O) groups is 2. The predicted molar refractivity (Wildman–Crippen MR) is 97.7 cm³/mol. The zero-order valence-corrected chi connectivity index (χ0v) is 15.4. The van der Waals surface area contributed by atoms with Crippen LogP contribution in [-0.4, -0.2) is 50.6 Å². The summed E-state index contributed by atoms with van der Waals surface area (Å²) in [5.41, 5.74) is 1.09. The number of carbonyl (C=O) groups excluding carboxylic acids is 2. The van der Waals surface area contributed by atoms with Crippen molar-refractivity contribution in [1.29, 1.82) is 0 Å². The summed E-state index contributed by atoms with van der Waals surface area (Å²) in [6, 6.07) is 7.96. The van der Waals surface area contributed by atoms with E-state index in [1.54, 1.807) is 26.1 Å². The number of amides is 3. The van der Waals surface area contributed by atoms with E-state index in [1.165, 1.54) is 0 Å². The number of hydrogen-bond donors (Lipinski definition) is 2. The molecule has 0 aliphatic heterocycles. The van der Waals surface area contributed by atoms with Gasteiger partial charge in [0.05, 0.1) is 7.11 Å². The molecule has 1 aromatic rings. The summed E-state index contributed by atoms with van der Waals surface area (Å²) in [6.07, 6.45) is 4.11. The van der Waals surface area contributed by atoms with Crippen molar-refractivity contribution in [2.45, 2.75) is 38.1 Å². The number of urea groups is 1. The second-order valence-electron chi connectivity index (χ2n) is 6.60. The van der Waals surface area contributed by atoms with E-state index in [-0.39, 0.29) is 23.9 Å². The Labute approximate surface area is 149 Å². The highest BCUT2D eigenvalue weighted by Gasteiger charge is 2.27. The summed E-state index contributed by atoms with van der Waals surface area (Å²) in [4.78, 5) is 25.7. The summed E-state index contributed by atoms with van der Waals surface area (Å²) >= 11 is 0. The molecule has 25 heavy (non-hydrogen) atoms. The number of nitrogens with one attached hydrogen (secondary N) is 2. The summed E-state index contributed by atoms with van der Waals surface area (Å²) < 4.78 is 5.35. The van der Waals surface area contributed by atoms with E-state index in [1.807, 2.05) is 24.3 Å². The van der Waals surface area contributed by atoms with Crippen molar-refractivity contribution < 1.29 is 14.3 Å². The quantitative estimate of drug-likeness (QED) is 0.829. The number of hydrogen-bond acceptors (Lipinski definition) is 3. The lowest BCUT2D eigenvalue weighted by atomic mass is 9.85. The van der Waals surface area contributed by atoms with Crippen molar-refractivity contribution in [3.05, 3.63) is 29.8 Å². The number of ether oxygens (including phenoxy) is 1. The second kappa shape index (κ2) is 9.30. The van der Waals surface area contributed by atoms with E-state index < -0.39 is 0 Å². The molecule has 2 rings (SSSR count). The van der Waals surface area contributed by atoms with E-state index in [0.717, 1.165) is 43.4 Å². The van der Waals surface area contributed by atoms with Gasteiger partial charge >= 0.3 is 6.03 Å². The molecule has 0 saturated heterocycles. The minimum atomic E-state index is -0.0571. The van der Waals surface area contributed by atoms with Gasteiger partial charge in [-0.2, -0.15) is 0 Å². The van der Waals surface area contributed by atoms with Crippen LogP contribution in [-0.2, 0) is 11.2 Å². The standard InChI is InChI=1S/C19H29N3O3/c1-20-18(23)15-8-10-16(11-9-15)21-19(24)22(2)13-12-14-6-4-5-7-17(14)25-3/h4-7,15-16H,8-13H2,1-3H3,(H,20,23)(H,21,24). The highest BCUT2D eigenvalue weighted by atomic mass is 16.5. The molecule has 0 aromatic heterocycles. The maximum absolute atomic E-state index is 12.4. The maximum atomic E-state index is 12.4. The van der Waals surface area contributed by atoms with Gasteiger partial charge in [-0.1, -0.05) is 18.2 Å². The minimum Gasteiger partial charge on any atom is -0.496 e. The summed E-state index contributed by atoms with van der Waals surface area (Å²) in [7, 11) is 5.14. The van der Waals surface area contributed by atoms with Gasteiger partial charge < -0.3 is 20.3 Å². The minimum absolute atomic E-state index is 0.0571. The Balaban J connectivity index is 1.76. The van der Waals surface area contributed by atoms with E-state index in [4.69, 9.17) is 4.74 Å². The Morgan fingerprint density at radius 3 is 2.52 bits per heavy atom. The first-order valence-corrected chi connectivity index (χ1v) is 8.90. The largest absolute Gasteiger partial charge is 0.496 e. The molecule has 138 valence electrons. The maximum Gasteiger partial charge on any atom is 0.317 e. The van der Waals surface area contributed by atoms with E-state index >= 15 is 0 Å². The van der Waals surface area contributed by atoms with Gasteiger partial charge in [-0.15, -0.1) is 0 Å². The zero-order valence-electron chi connectivity index (χ0n) is 15.4. The van der Waals surface area contributed by atoms with Crippen molar-refractivity contribution in [2.75, 3.05) is 27.7 Å². The average Bonchev–Trinajstić information content (AvgIpc) is 2.66. The molecule has 0 spiro atoms. The van der Waals surface area contributed by atoms with Gasteiger partial charge in [-0.25, -0.2) is 4.79 Å². The Morgan fingerprint density at radius 2 is 1.88 bits per heavy atom. The fraction of sp³-hybridized carbons (Fsp3) is 0.579. The molecule has 0 bridgehead atoms.